The van der Waals surface area contributed by atoms with Crippen molar-refractivity contribution in [3.05, 3.63) is 99.0 Å². The number of hydrogen-bond acceptors (Lipinski definition) is 3. The summed E-state index contributed by atoms with van der Waals surface area (Å²) in [6.07, 6.45) is -0.590. The molecule has 0 bridgehead atoms. The van der Waals surface area contributed by atoms with Crippen molar-refractivity contribution in [1.29, 1.82) is 0 Å². The Bertz CT molecular complexity index is 898. The quantitative estimate of drug-likeness (QED) is 0.495. The SMILES string of the molecule is Cc1ccc(COc2c(Cl)cc(Cl)cc2CNCC(O)c2ccccc2)cc1. The van der Waals surface area contributed by atoms with Crippen molar-refractivity contribution in [2.75, 3.05) is 6.54 Å². The van der Waals surface area contributed by atoms with Crippen LogP contribution in [0.25, 0.3) is 0 Å². The lowest BCUT2D eigenvalue weighted by Gasteiger charge is -2.16. The minimum atomic E-state index is -0.590. The van der Waals surface area contributed by atoms with Gasteiger partial charge in [-0.3, -0.25) is 0 Å². The summed E-state index contributed by atoms with van der Waals surface area (Å²) in [6, 6.07) is 21.2. The molecule has 3 rings (SSSR count). The van der Waals surface area contributed by atoms with Crippen molar-refractivity contribution in [3.63, 3.8) is 0 Å². The lowest BCUT2D eigenvalue weighted by molar-refractivity contribution is 0.174. The largest absolute Gasteiger partial charge is 0.487 e. The van der Waals surface area contributed by atoms with Crippen molar-refractivity contribution in [2.45, 2.75) is 26.2 Å². The number of halogens is 2. The van der Waals surface area contributed by atoms with Crippen molar-refractivity contribution in [3.8, 4) is 5.75 Å². The Kier molecular flexibility index (Phi) is 7.35. The molecule has 28 heavy (non-hydrogen) atoms. The van der Waals surface area contributed by atoms with E-state index in [2.05, 4.69) is 17.4 Å². The molecular weight excluding hydrogens is 393 g/mol. The zero-order valence-electron chi connectivity index (χ0n) is 15.7. The zero-order valence-corrected chi connectivity index (χ0v) is 17.2. The highest BCUT2D eigenvalue weighted by molar-refractivity contribution is 6.35. The molecule has 3 aromatic carbocycles. The maximum Gasteiger partial charge on any atom is 0.142 e. The van der Waals surface area contributed by atoms with E-state index in [1.165, 1.54) is 5.56 Å². The van der Waals surface area contributed by atoms with Gasteiger partial charge in [0.2, 0.25) is 0 Å². The van der Waals surface area contributed by atoms with Crippen molar-refractivity contribution in [1.82, 2.24) is 5.32 Å². The van der Waals surface area contributed by atoms with Crippen LogP contribution in [0, 0.1) is 6.92 Å². The first-order valence-electron chi connectivity index (χ1n) is 9.13. The molecule has 1 atom stereocenters. The molecule has 2 N–H and O–H groups in total. The van der Waals surface area contributed by atoms with Gasteiger partial charge in [0.05, 0.1) is 11.1 Å². The third-order valence-electron chi connectivity index (χ3n) is 4.43. The molecule has 146 valence electrons. The number of nitrogens with one attached hydrogen (secondary N) is 1. The number of aryl methyl sites for hydroxylation is 1. The molecular formula is C23H23Cl2NO2. The first-order valence-corrected chi connectivity index (χ1v) is 9.88. The summed E-state index contributed by atoms with van der Waals surface area (Å²) in [4.78, 5) is 0. The molecule has 0 radical (unpaired) electrons. The molecule has 1 unspecified atom stereocenters. The topological polar surface area (TPSA) is 41.5 Å². The maximum atomic E-state index is 10.3. The molecule has 5 heteroatoms. The molecule has 0 heterocycles. The number of aliphatic hydroxyl groups excluding tert-OH is 1. The van der Waals surface area contributed by atoms with Gasteiger partial charge in [-0.1, -0.05) is 83.4 Å². The fraction of sp³-hybridized carbons (Fsp3) is 0.217. The van der Waals surface area contributed by atoms with Gasteiger partial charge in [-0.15, -0.1) is 0 Å². The summed E-state index contributed by atoms with van der Waals surface area (Å²) >= 11 is 12.6. The van der Waals surface area contributed by atoms with Crippen LogP contribution >= 0.6 is 23.2 Å². The predicted octanol–water partition coefficient (Wildman–Crippen LogP) is 5.70. The van der Waals surface area contributed by atoms with E-state index in [1.54, 1.807) is 6.07 Å². The third-order valence-corrected chi connectivity index (χ3v) is 4.93. The van der Waals surface area contributed by atoms with E-state index in [0.29, 0.717) is 35.5 Å². The molecule has 0 aliphatic carbocycles. The lowest BCUT2D eigenvalue weighted by Crippen LogP contribution is -2.21. The van der Waals surface area contributed by atoms with Gasteiger partial charge in [0.1, 0.15) is 12.4 Å². The van der Waals surface area contributed by atoms with Crippen LogP contribution in [-0.2, 0) is 13.2 Å². The fourth-order valence-corrected chi connectivity index (χ4v) is 3.47. The number of ether oxygens (including phenoxy) is 1. The molecule has 0 amide bonds. The second-order valence-electron chi connectivity index (χ2n) is 6.71. The van der Waals surface area contributed by atoms with Crippen LogP contribution in [0.3, 0.4) is 0 Å². The number of aliphatic hydroxyl groups is 1. The Hall–Kier alpha value is -2.04. The Morgan fingerprint density at radius 2 is 1.71 bits per heavy atom. The Morgan fingerprint density at radius 3 is 2.43 bits per heavy atom. The van der Waals surface area contributed by atoms with Crippen LogP contribution < -0.4 is 10.1 Å². The Labute approximate surface area is 175 Å². The summed E-state index contributed by atoms with van der Waals surface area (Å²) in [5.74, 6) is 0.605. The van der Waals surface area contributed by atoms with Gasteiger partial charge in [-0.05, 0) is 30.2 Å². The van der Waals surface area contributed by atoms with Crippen LogP contribution in [0.15, 0.2) is 66.7 Å². The minimum Gasteiger partial charge on any atom is -0.487 e. The van der Waals surface area contributed by atoms with Gasteiger partial charge < -0.3 is 15.2 Å². The number of hydrogen-bond donors (Lipinski definition) is 2. The van der Waals surface area contributed by atoms with Crippen molar-refractivity contribution in [2.24, 2.45) is 0 Å². The van der Waals surface area contributed by atoms with E-state index in [-0.39, 0.29) is 0 Å². The van der Waals surface area contributed by atoms with Crippen LogP contribution in [0.2, 0.25) is 10.0 Å². The second kappa shape index (κ2) is 9.94. The van der Waals surface area contributed by atoms with Crippen molar-refractivity contribution >= 4 is 23.2 Å². The first-order chi connectivity index (χ1) is 13.5. The lowest BCUT2D eigenvalue weighted by atomic mass is 10.1. The van der Waals surface area contributed by atoms with E-state index < -0.39 is 6.10 Å². The van der Waals surface area contributed by atoms with E-state index in [1.807, 2.05) is 55.5 Å². The van der Waals surface area contributed by atoms with E-state index in [0.717, 1.165) is 16.7 Å². The van der Waals surface area contributed by atoms with Gasteiger partial charge in [-0.2, -0.15) is 0 Å². The van der Waals surface area contributed by atoms with Gasteiger partial charge in [-0.25, -0.2) is 0 Å². The summed E-state index contributed by atoms with van der Waals surface area (Å²) in [6.45, 7) is 3.36. The summed E-state index contributed by atoms with van der Waals surface area (Å²) in [5, 5.41) is 14.6. The molecule has 3 aromatic rings. The van der Waals surface area contributed by atoms with Crippen LogP contribution in [0.5, 0.6) is 5.75 Å². The second-order valence-corrected chi connectivity index (χ2v) is 7.55. The maximum absolute atomic E-state index is 10.3. The number of benzene rings is 3. The van der Waals surface area contributed by atoms with Crippen LogP contribution in [0.1, 0.15) is 28.4 Å². The minimum absolute atomic E-state index is 0.408. The molecule has 0 saturated heterocycles. The van der Waals surface area contributed by atoms with Gasteiger partial charge >= 0.3 is 0 Å². The average molecular weight is 416 g/mol. The van der Waals surface area contributed by atoms with Gasteiger partial charge in [0.25, 0.3) is 0 Å². The summed E-state index contributed by atoms with van der Waals surface area (Å²) in [7, 11) is 0. The Morgan fingerprint density at radius 1 is 1.00 bits per heavy atom. The molecule has 0 aromatic heterocycles. The van der Waals surface area contributed by atoms with E-state index in [9.17, 15) is 5.11 Å². The standard InChI is InChI=1S/C23H23Cl2NO2/c1-16-7-9-17(10-8-16)15-28-23-19(11-20(24)12-21(23)25)13-26-14-22(27)18-5-3-2-4-6-18/h2-12,22,26-27H,13-15H2,1H3. The first kappa shape index (κ1) is 20.7. The Balaban J connectivity index is 1.65. The molecule has 0 fully saturated rings. The monoisotopic (exact) mass is 415 g/mol. The van der Waals surface area contributed by atoms with Gasteiger partial charge in [0.15, 0.2) is 0 Å². The third kappa shape index (κ3) is 5.73. The van der Waals surface area contributed by atoms with Crippen LogP contribution in [-0.4, -0.2) is 11.7 Å². The zero-order chi connectivity index (χ0) is 19.9. The highest BCUT2D eigenvalue weighted by Gasteiger charge is 2.13. The smallest absolute Gasteiger partial charge is 0.142 e. The van der Waals surface area contributed by atoms with E-state index in [4.69, 9.17) is 27.9 Å². The molecule has 3 nitrogen and oxygen atoms in total. The number of rotatable bonds is 8. The highest BCUT2D eigenvalue weighted by atomic mass is 35.5. The molecule has 0 aliphatic rings. The summed E-state index contributed by atoms with van der Waals surface area (Å²) in [5.41, 5.74) is 3.99. The molecule has 0 saturated carbocycles. The predicted molar refractivity (Wildman–Crippen MR) is 115 cm³/mol. The highest BCUT2D eigenvalue weighted by Crippen LogP contribution is 2.33. The van der Waals surface area contributed by atoms with Gasteiger partial charge in [0, 0.05) is 23.7 Å². The fourth-order valence-electron chi connectivity index (χ4n) is 2.88. The molecule has 0 aliphatic heterocycles. The van der Waals surface area contributed by atoms with Crippen molar-refractivity contribution < 1.29 is 9.84 Å². The average Bonchev–Trinajstić information content (AvgIpc) is 2.69. The molecule has 0 spiro atoms. The normalized spacial score (nSPS) is 12.0. The van der Waals surface area contributed by atoms with Crippen LogP contribution in [0.4, 0.5) is 0 Å². The summed E-state index contributed by atoms with van der Waals surface area (Å²) < 4.78 is 6.00. The van der Waals surface area contributed by atoms with E-state index >= 15 is 0 Å².